The van der Waals surface area contributed by atoms with Crippen LogP contribution in [0, 0.1) is 0 Å². The SMILES string of the molecule is CC(C)(C)c1n[nH]c([C@@H]2CN(C(=O)c3cc(C4CC4)[nH]n3)CCO2)n1. The Morgan fingerprint density at radius 2 is 2.08 bits per heavy atom. The van der Waals surface area contributed by atoms with E-state index in [-0.39, 0.29) is 17.4 Å². The standard InChI is InChI=1S/C17H24N6O2/c1-17(2,3)16-18-14(21-22-16)13-9-23(6-7-25-13)15(24)12-8-11(19-20-12)10-4-5-10/h8,10,13H,4-7,9H2,1-3H3,(H,19,20)(H,18,21,22)/t13-/m0/s1. The summed E-state index contributed by atoms with van der Waals surface area (Å²) in [5, 5.41) is 14.4. The fraction of sp³-hybridized carbons (Fsp3) is 0.647. The van der Waals surface area contributed by atoms with Crippen LogP contribution in [0.15, 0.2) is 6.07 Å². The molecule has 2 N–H and O–H groups in total. The molecule has 8 heteroatoms. The molecule has 0 radical (unpaired) electrons. The Morgan fingerprint density at radius 3 is 2.76 bits per heavy atom. The van der Waals surface area contributed by atoms with E-state index in [1.54, 1.807) is 4.90 Å². The lowest BCUT2D eigenvalue weighted by Crippen LogP contribution is -2.42. The number of H-pyrrole nitrogens is 2. The highest BCUT2D eigenvalue weighted by Crippen LogP contribution is 2.39. The minimum atomic E-state index is -0.289. The second kappa shape index (κ2) is 5.94. The van der Waals surface area contributed by atoms with Crippen molar-refractivity contribution < 1.29 is 9.53 Å². The number of nitrogens with zero attached hydrogens (tertiary/aromatic N) is 4. The van der Waals surface area contributed by atoms with Gasteiger partial charge < -0.3 is 9.64 Å². The maximum Gasteiger partial charge on any atom is 0.274 e. The molecule has 134 valence electrons. The van der Waals surface area contributed by atoms with E-state index in [4.69, 9.17) is 4.74 Å². The van der Waals surface area contributed by atoms with Crippen molar-refractivity contribution in [3.63, 3.8) is 0 Å². The van der Waals surface area contributed by atoms with Gasteiger partial charge in [0.1, 0.15) is 11.8 Å². The summed E-state index contributed by atoms with van der Waals surface area (Å²) in [5.74, 6) is 1.91. The highest BCUT2D eigenvalue weighted by molar-refractivity contribution is 5.92. The third kappa shape index (κ3) is 3.30. The van der Waals surface area contributed by atoms with Crippen molar-refractivity contribution >= 4 is 5.91 Å². The van der Waals surface area contributed by atoms with Crippen molar-refractivity contribution in [1.29, 1.82) is 0 Å². The molecule has 1 atom stereocenters. The first-order chi connectivity index (χ1) is 11.9. The Morgan fingerprint density at radius 1 is 1.28 bits per heavy atom. The van der Waals surface area contributed by atoms with Crippen LogP contribution in [0.25, 0.3) is 0 Å². The monoisotopic (exact) mass is 344 g/mol. The number of hydrogen-bond acceptors (Lipinski definition) is 5. The Labute approximate surface area is 146 Å². The highest BCUT2D eigenvalue weighted by atomic mass is 16.5. The van der Waals surface area contributed by atoms with Crippen molar-refractivity contribution in [2.75, 3.05) is 19.7 Å². The van der Waals surface area contributed by atoms with Crippen molar-refractivity contribution in [3.05, 3.63) is 29.1 Å². The van der Waals surface area contributed by atoms with E-state index in [1.165, 1.54) is 12.8 Å². The Balaban J connectivity index is 1.46. The van der Waals surface area contributed by atoms with Gasteiger partial charge in [0, 0.05) is 23.6 Å². The fourth-order valence-corrected chi connectivity index (χ4v) is 2.96. The summed E-state index contributed by atoms with van der Waals surface area (Å²) >= 11 is 0. The van der Waals surface area contributed by atoms with Crippen molar-refractivity contribution in [2.45, 2.75) is 51.0 Å². The van der Waals surface area contributed by atoms with Gasteiger partial charge in [-0.05, 0) is 18.9 Å². The molecule has 2 aliphatic rings. The summed E-state index contributed by atoms with van der Waals surface area (Å²) < 4.78 is 5.80. The molecule has 4 rings (SSSR count). The number of aromatic amines is 2. The second-order valence-corrected chi connectivity index (χ2v) is 7.89. The molecule has 8 nitrogen and oxygen atoms in total. The Hall–Kier alpha value is -2.22. The Kier molecular flexibility index (Phi) is 3.87. The van der Waals surface area contributed by atoms with Crippen LogP contribution in [0.4, 0.5) is 0 Å². The molecule has 1 saturated heterocycles. The van der Waals surface area contributed by atoms with Gasteiger partial charge in [0.2, 0.25) is 0 Å². The van der Waals surface area contributed by atoms with Crippen molar-refractivity contribution in [2.24, 2.45) is 0 Å². The zero-order valence-electron chi connectivity index (χ0n) is 14.9. The topological polar surface area (TPSA) is 99.8 Å². The molecule has 3 heterocycles. The molecule has 2 fully saturated rings. The van der Waals surface area contributed by atoms with Gasteiger partial charge in [0.05, 0.1) is 13.2 Å². The minimum Gasteiger partial charge on any atom is -0.367 e. The van der Waals surface area contributed by atoms with Gasteiger partial charge in [0.15, 0.2) is 11.6 Å². The molecule has 1 saturated carbocycles. The maximum absolute atomic E-state index is 12.7. The molecular weight excluding hydrogens is 320 g/mol. The number of hydrogen-bond donors (Lipinski definition) is 2. The van der Waals surface area contributed by atoms with Crippen molar-refractivity contribution in [1.82, 2.24) is 30.3 Å². The number of ether oxygens (including phenoxy) is 1. The predicted octanol–water partition coefficient (Wildman–Crippen LogP) is 1.92. The van der Waals surface area contributed by atoms with Gasteiger partial charge in [-0.25, -0.2) is 4.98 Å². The van der Waals surface area contributed by atoms with Gasteiger partial charge in [-0.1, -0.05) is 20.8 Å². The molecule has 1 aliphatic carbocycles. The lowest BCUT2D eigenvalue weighted by atomic mass is 9.96. The van der Waals surface area contributed by atoms with Crippen molar-refractivity contribution in [3.8, 4) is 0 Å². The van der Waals surface area contributed by atoms with Gasteiger partial charge >= 0.3 is 0 Å². The number of nitrogens with one attached hydrogen (secondary N) is 2. The fourth-order valence-electron chi connectivity index (χ4n) is 2.96. The largest absolute Gasteiger partial charge is 0.367 e. The third-order valence-corrected chi connectivity index (χ3v) is 4.67. The van der Waals surface area contributed by atoms with Crippen LogP contribution in [-0.2, 0) is 10.2 Å². The van der Waals surface area contributed by atoms with E-state index in [0.717, 1.165) is 11.5 Å². The molecule has 0 spiro atoms. The summed E-state index contributed by atoms with van der Waals surface area (Å²) in [7, 11) is 0. The summed E-state index contributed by atoms with van der Waals surface area (Å²) in [6.45, 7) is 7.66. The molecule has 0 unspecified atom stereocenters. The van der Waals surface area contributed by atoms with Crippen LogP contribution in [-0.4, -0.2) is 55.9 Å². The minimum absolute atomic E-state index is 0.0630. The summed E-state index contributed by atoms with van der Waals surface area (Å²) in [5.41, 5.74) is 1.42. The summed E-state index contributed by atoms with van der Waals surface area (Å²) in [6.07, 6.45) is 2.07. The summed E-state index contributed by atoms with van der Waals surface area (Å²) in [4.78, 5) is 19.1. The maximum atomic E-state index is 12.7. The van der Waals surface area contributed by atoms with E-state index in [0.29, 0.717) is 37.1 Å². The van der Waals surface area contributed by atoms with E-state index in [1.807, 2.05) is 6.07 Å². The number of amides is 1. The van der Waals surface area contributed by atoms with E-state index in [9.17, 15) is 4.79 Å². The number of carbonyl (C=O) groups excluding carboxylic acids is 1. The number of morpholine rings is 1. The quantitative estimate of drug-likeness (QED) is 0.886. The zero-order valence-corrected chi connectivity index (χ0v) is 14.9. The Bertz CT molecular complexity index is 770. The van der Waals surface area contributed by atoms with Crippen LogP contribution in [0.1, 0.15) is 73.5 Å². The van der Waals surface area contributed by atoms with Crippen LogP contribution < -0.4 is 0 Å². The second-order valence-electron chi connectivity index (χ2n) is 7.89. The highest BCUT2D eigenvalue weighted by Gasteiger charge is 2.32. The molecule has 2 aromatic heterocycles. The lowest BCUT2D eigenvalue weighted by Gasteiger charge is -2.31. The van der Waals surface area contributed by atoms with E-state index >= 15 is 0 Å². The normalized spacial score (nSPS) is 21.6. The van der Waals surface area contributed by atoms with Gasteiger partial charge in [0.25, 0.3) is 5.91 Å². The van der Waals surface area contributed by atoms with Gasteiger partial charge in [-0.2, -0.15) is 10.2 Å². The first kappa shape index (κ1) is 16.3. The average molecular weight is 344 g/mol. The summed E-state index contributed by atoms with van der Waals surface area (Å²) in [6, 6.07) is 1.89. The number of carbonyl (C=O) groups is 1. The molecule has 1 aliphatic heterocycles. The lowest BCUT2D eigenvalue weighted by molar-refractivity contribution is -0.0268. The first-order valence-corrected chi connectivity index (χ1v) is 8.81. The zero-order chi connectivity index (χ0) is 17.6. The van der Waals surface area contributed by atoms with E-state index < -0.39 is 0 Å². The molecule has 1 amide bonds. The molecule has 2 aromatic rings. The third-order valence-electron chi connectivity index (χ3n) is 4.67. The first-order valence-electron chi connectivity index (χ1n) is 8.81. The van der Waals surface area contributed by atoms with Gasteiger partial charge in [-0.3, -0.25) is 15.0 Å². The van der Waals surface area contributed by atoms with Crippen LogP contribution >= 0.6 is 0 Å². The number of rotatable bonds is 3. The predicted molar refractivity (Wildman–Crippen MR) is 90.2 cm³/mol. The van der Waals surface area contributed by atoms with Crippen LogP contribution in [0.3, 0.4) is 0 Å². The van der Waals surface area contributed by atoms with Crippen LogP contribution in [0.2, 0.25) is 0 Å². The number of aromatic nitrogens is 5. The average Bonchev–Trinajstić information content (AvgIpc) is 3.12. The molecule has 25 heavy (non-hydrogen) atoms. The smallest absolute Gasteiger partial charge is 0.274 e. The van der Waals surface area contributed by atoms with Crippen LogP contribution in [0.5, 0.6) is 0 Å². The van der Waals surface area contributed by atoms with Gasteiger partial charge in [-0.15, -0.1) is 0 Å². The molecular formula is C17H24N6O2. The van der Waals surface area contributed by atoms with E-state index in [2.05, 4.69) is 46.1 Å². The molecule has 0 bridgehead atoms. The molecule has 0 aromatic carbocycles.